The number of nitrogens with zero attached hydrogens (tertiary/aromatic N) is 4. The lowest BCUT2D eigenvalue weighted by molar-refractivity contribution is 0.462. The number of anilines is 1. The zero-order chi connectivity index (χ0) is 17.1. The summed E-state index contributed by atoms with van der Waals surface area (Å²) in [5.41, 5.74) is 0. The molecule has 0 spiro atoms. The van der Waals surface area contributed by atoms with Gasteiger partial charge in [0.15, 0.2) is 4.34 Å². The van der Waals surface area contributed by atoms with E-state index in [-0.39, 0.29) is 5.25 Å². The fourth-order valence-corrected chi connectivity index (χ4v) is 5.48. The summed E-state index contributed by atoms with van der Waals surface area (Å²) >= 11 is 4.79. The fraction of sp³-hybridized carbons (Fsp3) is 0.500. The molecular weight excluding hydrogens is 374 g/mol. The van der Waals surface area contributed by atoms with E-state index in [0.717, 1.165) is 14.3 Å². The Morgan fingerprint density at radius 1 is 1.20 bits per heavy atom. The first-order valence-electron chi connectivity index (χ1n) is 8.42. The fourth-order valence-electron chi connectivity index (χ4n) is 2.84. The molecule has 1 fully saturated rings. The van der Waals surface area contributed by atoms with Crippen molar-refractivity contribution < 1.29 is 4.42 Å². The Morgan fingerprint density at radius 3 is 2.88 bits per heavy atom. The second-order valence-electron chi connectivity index (χ2n) is 6.04. The zero-order valence-electron chi connectivity index (χ0n) is 13.8. The second-order valence-corrected chi connectivity index (χ2v) is 9.55. The van der Waals surface area contributed by atoms with Crippen molar-refractivity contribution in [3.8, 4) is 10.8 Å². The lowest BCUT2D eigenvalue weighted by Crippen LogP contribution is -2.21. The zero-order valence-corrected chi connectivity index (χ0v) is 16.3. The van der Waals surface area contributed by atoms with Crippen LogP contribution in [0.4, 0.5) is 5.13 Å². The number of thioether (sulfide) groups is 1. The van der Waals surface area contributed by atoms with Gasteiger partial charge in [0.1, 0.15) is 0 Å². The molecule has 132 valence electrons. The van der Waals surface area contributed by atoms with Crippen LogP contribution < -0.4 is 5.32 Å². The van der Waals surface area contributed by atoms with Gasteiger partial charge in [0.05, 0.1) is 10.1 Å². The maximum absolute atomic E-state index is 5.80. The maximum Gasteiger partial charge on any atom is 0.257 e. The molecule has 1 saturated carbocycles. The van der Waals surface area contributed by atoms with Crippen LogP contribution in [0.25, 0.3) is 10.8 Å². The molecular formula is C16H19N5OS3. The minimum absolute atomic E-state index is 0.0386. The monoisotopic (exact) mass is 393 g/mol. The normalized spacial score (nSPS) is 16.8. The van der Waals surface area contributed by atoms with Crippen LogP contribution in [0.15, 0.2) is 26.3 Å². The molecule has 1 atom stereocenters. The van der Waals surface area contributed by atoms with E-state index in [1.54, 1.807) is 34.4 Å². The number of rotatable bonds is 6. The first-order valence-corrected chi connectivity index (χ1v) is 11.0. The highest BCUT2D eigenvalue weighted by atomic mass is 32.2. The summed E-state index contributed by atoms with van der Waals surface area (Å²) < 4.78 is 6.72. The van der Waals surface area contributed by atoms with Crippen molar-refractivity contribution in [2.45, 2.75) is 54.7 Å². The van der Waals surface area contributed by atoms with Crippen LogP contribution >= 0.6 is 34.4 Å². The van der Waals surface area contributed by atoms with E-state index in [1.165, 1.54) is 32.1 Å². The minimum Gasteiger partial charge on any atom is -0.419 e. The van der Waals surface area contributed by atoms with E-state index in [2.05, 4.69) is 25.7 Å². The molecule has 1 unspecified atom stereocenters. The van der Waals surface area contributed by atoms with Gasteiger partial charge in [0.25, 0.3) is 5.89 Å². The molecule has 0 amide bonds. The highest BCUT2D eigenvalue weighted by Crippen LogP contribution is 2.38. The van der Waals surface area contributed by atoms with E-state index >= 15 is 0 Å². The van der Waals surface area contributed by atoms with Gasteiger partial charge in [0, 0.05) is 6.04 Å². The Kier molecular flexibility index (Phi) is 5.33. The Morgan fingerprint density at radius 2 is 2.08 bits per heavy atom. The summed E-state index contributed by atoms with van der Waals surface area (Å²) in [7, 11) is 0. The predicted molar refractivity (Wildman–Crippen MR) is 102 cm³/mol. The van der Waals surface area contributed by atoms with Crippen LogP contribution in [0.2, 0.25) is 0 Å². The second kappa shape index (κ2) is 7.84. The topological polar surface area (TPSA) is 76.7 Å². The molecule has 0 saturated heterocycles. The molecule has 3 aromatic rings. The van der Waals surface area contributed by atoms with E-state index in [0.29, 0.717) is 17.8 Å². The van der Waals surface area contributed by atoms with Crippen LogP contribution in [-0.2, 0) is 0 Å². The van der Waals surface area contributed by atoms with Crippen LogP contribution in [0.5, 0.6) is 0 Å². The summed E-state index contributed by atoms with van der Waals surface area (Å²) in [6.45, 7) is 2.05. The minimum atomic E-state index is 0.0386. The molecule has 0 aromatic carbocycles. The molecule has 9 heteroatoms. The Bertz CT molecular complexity index is 794. The van der Waals surface area contributed by atoms with E-state index in [1.807, 2.05) is 24.4 Å². The number of aromatic nitrogens is 4. The average Bonchev–Trinajstić information content (AvgIpc) is 3.37. The lowest BCUT2D eigenvalue weighted by Gasteiger charge is -2.21. The van der Waals surface area contributed by atoms with Gasteiger partial charge in [-0.15, -0.1) is 31.7 Å². The molecule has 3 aromatic heterocycles. The van der Waals surface area contributed by atoms with Gasteiger partial charge in [0.2, 0.25) is 11.0 Å². The summed E-state index contributed by atoms with van der Waals surface area (Å²) in [6.07, 6.45) is 6.42. The van der Waals surface area contributed by atoms with Crippen molar-refractivity contribution in [1.29, 1.82) is 0 Å². The molecule has 4 rings (SSSR count). The first kappa shape index (κ1) is 17.0. The number of nitrogens with one attached hydrogen (secondary N) is 1. The van der Waals surface area contributed by atoms with E-state index in [4.69, 9.17) is 4.42 Å². The quantitative estimate of drug-likeness (QED) is 0.573. The van der Waals surface area contributed by atoms with Crippen LogP contribution in [0.3, 0.4) is 0 Å². The maximum atomic E-state index is 5.80. The lowest BCUT2D eigenvalue weighted by atomic mass is 9.96. The van der Waals surface area contributed by atoms with Crippen LogP contribution in [0, 0.1) is 0 Å². The van der Waals surface area contributed by atoms with Crippen LogP contribution in [0.1, 0.15) is 50.2 Å². The molecule has 0 aliphatic heterocycles. The van der Waals surface area contributed by atoms with E-state index in [9.17, 15) is 0 Å². The predicted octanol–water partition coefficient (Wildman–Crippen LogP) is 5.25. The SMILES string of the molecule is CC(Sc1nnc(NC2CCCCC2)s1)c1nnc(-c2cccs2)o1. The number of hydrogen-bond donors (Lipinski definition) is 1. The van der Waals surface area contributed by atoms with Crippen LogP contribution in [-0.4, -0.2) is 26.4 Å². The van der Waals surface area contributed by atoms with Gasteiger partial charge in [-0.25, -0.2) is 0 Å². The van der Waals surface area contributed by atoms with Crippen molar-refractivity contribution in [2.24, 2.45) is 0 Å². The largest absolute Gasteiger partial charge is 0.419 e. The van der Waals surface area contributed by atoms with Crippen molar-refractivity contribution in [2.75, 3.05) is 5.32 Å². The van der Waals surface area contributed by atoms with Gasteiger partial charge < -0.3 is 9.73 Å². The van der Waals surface area contributed by atoms with Crippen molar-refractivity contribution in [3.05, 3.63) is 23.4 Å². The molecule has 0 bridgehead atoms. The smallest absolute Gasteiger partial charge is 0.257 e. The van der Waals surface area contributed by atoms with Gasteiger partial charge in [-0.3, -0.25) is 0 Å². The third-order valence-corrected chi connectivity index (χ3v) is 7.02. The van der Waals surface area contributed by atoms with E-state index < -0.39 is 0 Å². The highest BCUT2D eigenvalue weighted by Gasteiger charge is 2.20. The van der Waals surface area contributed by atoms with Crippen molar-refractivity contribution in [1.82, 2.24) is 20.4 Å². The molecule has 1 aliphatic carbocycles. The summed E-state index contributed by atoms with van der Waals surface area (Å²) in [6, 6.07) is 4.50. The van der Waals surface area contributed by atoms with Crippen molar-refractivity contribution >= 4 is 39.6 Å². The highest BCUT2D eigenvalue weighted by molar-refractivity contribution is 8.01. The van der Waals surface area contributed by atoms with Gasteiger partial charge in [-0.2, -0.15) is 0 Å². The van der Waals surface area contributed by atoms with Gasteiger partial charge in [-0.1, -0.05) is 48.4 Å². The molecule has 3 heterocycles. The van der Waals surface area contributed by atoms with Crippen molar-refractivity contribution in [3.63, 3.8) is 0 Å². The van der Waals surface area contributed by atoms with Gasteiger partial charge >= 0.3 is 0 Å². The molecule has 0 radical (unpaired) electrons. The summed E-state index contributed by atoms with van der Waals surface area (Å²) in [4.78, 5) is 0.992. The summed E-state index contributed by atoms with van der Waals surface area (Å²) in [5.74, 6) is 1.19. The Labute approximate surface area is 158 Å². The van der Waals surface area contributed by atoms with Gasteiger partial charge in [-0.05, 0) is 31.2 Å². The molecule has 1 aliphatic rings. The average molecular weight is 394 g/mol. The summed E-state index contributed by atoms with van der Waals surface area (Å²) in [5, 5.41) is 23.3. The number of hydrogen-bond acceptors (Lipinski definition) is 9. The number of thiophene rings is 1. The third kappa shape index (κ3) is 4.21. The Hall–Kier alpha value is -1.45. The Balaban J connectivity index is 1.37. The molecule has 6 nitrogen and oxygen atoms in total. The first-order chi connectivity index (χ1) is 12.3. The molecule has 25 heavy (non-hydrogen) atoms. The standard InChI is InChI=1S/C16H19N5OS3/c1-10(13-18-19-14(22-13)12-8-5-9-23-12)24-16-21-20-15(25-16)17-11-6-3-2-4-7-11/h5,8-11H,2-4,6-7H2,1H3,(H,17,20). The third-order valence-electron chi connectivity index (χ3n) is 4.14. The molecule has 1 N–H and O–H groups in total.